The number of esters is 1. The van der Waals surface area contributed by atoms with Crippen LogP contribution in [0.4, 0.5) is 0 Å². The van der Waals surface area contributed by atoms with E-state index in [1.54, 1.807) is 20.9 Å². The van der Waals surface area contributed by atoms with Gasteiger partial charge in [0, 0.05) is 0 Å². The molecular weight excluding hydrogens is 174 g/mol. The van der Waals surface area contributed by atoms with Gasteiger partial charge in [-0.15, -0.1) is 0 Å². The van der Waals surface area contributed by atoms with Crippen LogP contribution in [0.15, 0.2) is 0 Å². The Morgan fingerprint density at radius 1 is 1.69 bits per heavy atom. The molecule has 0 aliphatic carbocycles. The molecule has 0 amide bonds. The van der Waals surface area contributed by atoms with Gasteiger partial charge in [0.2, 0.25) is 0 Å². The van der Waals surface area contributed by atoms with Crippen molar-refractivity contribution in [3.8, 4) is 0 Å². The Labute approximate surface area is 78.0 Å². The van der Waals surface area contributed by atoms with Crippen LogP contribution in [0.5, 0.6) is 0 Å². The molecule has 0 aliphatic heterocycles. The number of methoxy groups -OCH3 is 1. The second-order valence-corrected chi connectivity index (χ2v) is 2.88. The summed E-state index contributed by atoms with van der Waals surface area (Å²) in [4.78, 5) is 11.3. The summed E-state index contributed by atoms with van der Waals surface area (Å²) in [5.74, 6) is -0.420. The molecule has 0 aromatic heterocycles. The number of aliphatic hydroxyl groups is 1. The molecule has 0 aliphatic rings. The van der Waals surface area contributed by atoms with E-state index in [1.165, 1.54) is 7.11 Å². The van der Waals surface area contributed by atoms with Gasteiger partial charge < -0.3 is 19.9 Å². The zero-order chi connectivity index (χ0) is 10.5. The number of ether oxygens (including phenoxy) is 2. The maximum Gasteiger partial charge on any atom is 0.328 e. The quantitative estimate of drug-likeness (QED) is 0.452. The molecule has 0 spiro atoms. The molecular formula is C8H17NO4. The smallest absolute Gasteiger partial charge is 0.328 e. The van der Waals surface area contributed by atoms with Gasteiger partial charge in [-0.05, 0) is 20.9 Å². The predicted octanol–water partition coefficient (Wildman–Crippen LogP) is -0.508. The SMILES string of the molecule is CNC(C)(C(=O)OC)[C@H](C)OCO. The van der Waals surface area contributed by atoms with Gasteiger partial charge >= 0.3 is 5.97 Å². The third kappa shape index (κ3) is 2.65. The third-order valence-electron chi connectivity index (χ3n) is 2.27. The van der Waals surface area contributed by atoms with Crippen molar-refractivity contribution in [1.29, 1.82) is 0 Å². The molecule has 0 saturated heterocycles. The van der Waals surface area contributed by atoms with Crippen LogP contribution in [-0.4, -0.2) is 43.7 Å². The first-order valence-corrected chi connectivity index (χ1v) is 4.02. The first-order chi connectivity index (χ1) is 6.02. The summed E-state index contributed by atoms with van der Waals surface area (Å²) < 4.78 is 9.52. The highest BCUT2D eigenvalue weighted by Gasteiger charge is 2.39. The van der Waals surface area contributed by atoms with E-state index in [1.807, 2.05) is 0 Å². The number of carbonyl (C=O) groups excluding carboxylic acids is 1. The summed E-state index contributed by atoms with van der Waals surface area (Å²) in [7, 11) is 2.94. The average Bonchev–Trinajstić information content (AvgIpc) is 2.15. The molecule has 2 atom stereocenters. The summed E-state index contributed by atoms with van der Waals surface area (Å²) in [6.07, 6.45) is -0.463. The molecule has 0 rings (SSSR count). The van der Waals surface area contributed by atoms with E-state index < -0.39 is 24.4 Å². The summed E-state index contributed by atoms with van der Waals surface area (Å²) in [5, 5.41) is 11.4. The van der Waals surface area contributed by atoms with Crippen LogP contribution in [0.3, 0.4) is 0 Å². The van der Waals surface area contributed by atoms with Crippen LogP contribution in [-0.2, 0) is 14.3 Å². The largest absolute Gasteiger partial charge is 0.468 e. The number of nitrogens with one attached hydrogen (secondary N) is 1. The van der Waals surface area contributed by atoms with Crippen LogP contribution in [0, 0.1) is 0 Å². The Bertz CT molecular complexity index is 174. The van der Waals surface area contributed by atoms with Gasteiger partial charge in [-0.25, -0.2) is 4.79 Å². The zero-order valence-electron chi connectivity index (χ0n) is 8.46. The average molecular weight is 191 g/mol. The Morgan fingerprint density at radius 2 is 2.23 bits per heavy atom. The normalized spacial score (nSPS) is 17.6. The van der Waals surface area contributed by atoms with Crippen LogP contribution in [0.1, 0.15) is 13.8 Å². The van der Waals surface area contributed by atoms with Gasteiger partial charge in [-0.3, -0.25) is 0 Å². The highest BCUT2D eigenvalue weighted by molar-refractivity contribution is 5.81. The molecule has 13 heavy (non-hydrogen) atoms. The minimum atomic E-state index is -0.933. The molecule has 0 aromatic carbocycles. The van der Waals surface area contributed by atoms with E-state index in [4.69, 9.17) is 9.84 Å². The van der Waals surface area contributed by atoms with E-state index >= 15 is 0 Å². The summed E-state index contributed by atoms with van der Waals surface area (Å²) in [5.41, 5.74) is -0.933. The number of rotatable bonds is 5. The van der Waals surface area contributed by atoms with Gasteiger partial charge in [0.15, 0.2) is 0 Å². The zero-order valence-corrected chi connectivity index (χ0v) is 8.46. The molecule has 0 aromatic rings. The highest BCUT2D eigenvalue weighted by Crippen LogP contribution is 2.14. The molecule has 1 unspecified atom stereocenters. The molecule has 5 heteroatoms. The highest BCUT2D eigenvalue weighted by atomic mass is 16.6. The Balaban J connectivity index is 4.51. The van der Waals surface area contributed by atoms with Crippen molar-refractivity contribution in [2.24, 2.45) is 0 Å². The Morgan fingerprint density at radius 3 is 2.54 bits per heavy atom. The monoisotopic (exact) mass is 191 g/mol. The number of likely N-dealkylation sites (N-methyl/N-ethyl adjacent to an activating group) is 1. The van der Waals surface area contributed by atoms with Crippen molar-refractivity contribution in [2.75, 3.05) is 21.0 Å². The number of aliphatic hydroxyl groups excluding tert-OH is 1. The van der Waals surface area contributed by atoms with Crippen molar-refractivity contribution in [2.45, 2.75) is 25.5 Å². The topological polar surface area (TPSA) is 67.8 Å². The Hall–Kier alpha value is -0.650. The van der Waals surface area contributed by atoms with Crippen molar-refractivity contribution < 1.29 is 19.4 Å². The minimum absolute atomic E-state index is 0.420. The number of hydrogen-bond acceptors (Lipinski definition) is 5. The van der Waals surface area contributed by atoms with Crippen molar-refractivity contribution in [3.63, 3.8) is 0 Å². The fourth-order valence-electron chi connectivity index (χ4n) is 0.962. The molecule has 0 bridgehead atoms. The van der Waals surface area contributed by atoms with Gasteiger partial charge in [-0.1, -0.05) is 0 Å². The summed E-state index contributed by atoms with van der Waals surface area (Å²) in [6.45, 7) is 2.91. The molecule has 5 nitrogen and oxygen atoms in total. The van der Waals surface area contributed by atoms with Crippen LogP contribution >= 0.6 is 0 Å². The van der Waals surface area contributed by atoms with Crippen LogP contribution in [0.25, 0.3) is 0 Å². The lowest BCUT2D eigenvalue weighted by atomic mass is 9.96. The fraction of sp³-hybridized carbons (Fsp3) is 0.875. The van der Waals surface area contributed by atoms with Crippen LogP contribution < -0.4 is 5.32 Å². The molecule has 0 fully saturated rings. The maximum atomic E-state index is 11.3. The lowest BCUT2D eigenvalue weighted by Crippen LogP contribution is -2.57. The maximum absolute atomic E-state index is 11.3. The molecule has 2 N–H and O–H groups in total. The Kier molecular flexibility index (Phi) is 4.90. The molecule has 0 saturated carbocycles. The number of hydrogen-bond donors (Lipinski definition) is 2. The summed E-state index contributed by atoms with van der Waals surface area (Å²) >= 11 is 0. The van der Waals surface area contributed by atoms with Gasteiger partial charge in [0.1, 0.15) is 12.3 Å². The van der Waals surface area contributed by atoms with Gasteiger partial charge in [-0.2, -0.15) is 0 Å². The lowest BCUT2D eigenvalue weighted by Gasteiger charge is -2.31. The molecule has 0 heterocycles. The first kappa shape index (κ1) is 12.3. The van der Waals surface area contributed by atoms with E-state index in [-0.39, 0.29) is 0 Å². The van der Waals surface area contributed by atoms with Crippen molar-refractivity contribution in [3.05, 3.63) is 0 Å². The van der Waals surface area contributed by atoms with E-state index in [0.29, 0.717) is 0 Å². The minimum Gasteiger partial charge on any atom is -0.468 e. The first-order valence-electron chi connectivity index (χ1n) is 4.02. The summed E-state index contributed by atoms with van der Waals surface area (Å²) in [6, 6.07) is 0. The lowest BCUT2D eigenvalue weighted by molar-refractivity contribution is -0.158. The predicted molar refractivity (Wildman–Crippen MR) is 47.1 cm³/mol. The van der Waals surface area contributed by atoms with Crippen LogP contribution in [0.2, 0.25) is 0 Å². The fourth-order valence-corrected chi connectivity index (χ4v) is 0.962. The molecule has 0 radical (unpaired) electrons. The van der Waals surface area contributed by atoms with Crippen molar-refractivity contribution >= 4 is 5.97 Å². The third-order valence-corrected chi connectivity index (χ3v) is 2.27. The second-order valence-electron chi connectivity index (χ2n) is 2.88. The number of carbonyl (C=O) groups is 1. The van der Waals surface area contributed by atoms with Gasteiger partial charge in [0.25, 0.3) is 0 Å². The van der Waals surface area contributed by atoms with E-state index in [9.17, 15) is 4.79 Å². The van der Waals surface area contributed by atoms with Crippen molar-refractivity contribution in [1.82, 2.24) is 5.32 Å². The van der Waals surface area contributed by atoms with Gasteiger partial charge in [0.05, 0.1) is 13.2 Å². The second kappa shape index (κ2) is 5.16. The van der Waals surface area contributed by atoms with E-state index in [2.05, 4.69) is 10.1 Å². The molecule has 78 valence electrons. The van der Waals surface area contributed by atoms with E-state index in [0.717, 1.165) is 0 Å². The standard InChI is InChI=1S/C8H17NO4/c1-6(13-5-10)8(2,9-3)7(11)12-4/h6,9-10H,5H2,1-4H3/t6-,8?/m0/s1.